The summed E-state index contributed by atoms with van der Waals surface area (Å²) in [6, 6.07) is 16.9. The topological polar surface area (TPSA) is 266 Å². The zero-order valence-corrected chi connectivity index (χ0v) is 49.2. The summed E-state index contributed by atoms with van der Waals surface area (Å²) in [5.41, 5.74) is 14.1. The molecule has 2 aromatic carbocycles. The van der Waals surface area contributed by atoms with Crippen LogP contribution in [0.1, 0.15) is 81.2 Å². The van der Waals surface area contributed by atoms with Gasteiger partial charge in [-0.1, -0.05) is 106 Å². The molecule has 0 saturated carbocycles. The average Bonchev–Trinajstić information content (AvgIpc) is 4.11. The second-order valence-electron chi connectivity index (χ2n) is 20.6. The summed E-state index contributed by atoms with van der Waals surface area (Å²) >= 11 is 12.6. The summed E-state index contributed by atoms with van der Waals surface area (Å²) in [6.45, 7) is 9.32. The number of fused-ring (bicyclic) bond motifs is 2. The molecule has 0 fully saturated rings. The number of anilines is 1. The van der Waals surface area contributed by atoms with Crippen LogP contribution in [0.5, 0.6) is 0 Å². The van der Waals surface area contributed by atoms with Crippen molar-refractivity contribution in [3.63, 3.8) is 0 Å². The van der Waals surface area contributed by atoms with Crippen LogP contribution in [0.4, 0.5) is 26.7 Å². The Bertz CT molecular complexity index is 3160. The lowest BCUT2D eigenvalue weighted by Crippen LogP contribution is -2.42. The van der Waals surface area contributed by atoms with E-state index in [4.69, 9.17) is 44.0 Å². The van der Waals surface area contributed by atoms with Crippen molar-refractivity contribution in [1.82, 2.24) is 29.6 Å². The fourth-order valence-corrected chi connectivity index (χ4v) is 8.93. The molecule has 0 aliphatic carbocycles. The maximum atomic E-state index is 13.4. The Kier molecular flexibility index (Phi) is 25.8. The molecule has 0 spiro atoms. The Morgan fingerprint density at radius 1 is 0.654 bits per heavy atom. The first kappa shape index (κ1) is 65.7. The van der Waals surface area contributed by atoms with Gasteiger partial charge in [-0.05, 0) is 103 Å². The van der Waals surface area contributed by atoms with Gasteiger partial charge in [-0.3, -0.25) is 43.1 Å². The maximum absolute atomic E-state index is 13.4. The number of aromatic nitrogens is 2. The number of carboxylic acid groups (broad SMARTS) is 1. The first-order valence-corrected chi connectivity index (χ1v) is 27.2. The lowest BCUT2D eigenvalue weighted by Gasteiger charge is -2.17. The molecule has 5 N–H and O–H groups in total. The number of likely N-dealkylation sites (N-methyl/N-ethyl adjacent to an activating group) is 2. The van der Waals surface area contributed by atoms with E-state index in [1.165, 1.54) is 67.0 Å². The van der Waals surface area contributed by atoms with E-state index in [1.807, 2.05) is 6.07 Å². The normalized spacial score (nSPS) is 13.0. The van der Waals surface area contributed by atoms with E-state index in [-0.39, 0.29) is 70.9 Å². The van der Waals surface area contributed by atoms with Crippen molar-refractivity contribution >= 4 is 87.4 Å². The van der Waals surface area contributed by atoms with Crippen molar-refractivity contribution in [3.05, 3.63) is 144 Å². The summed E-state index contributed by atoms with van der Waals surface area (Å²) < 4.78 is 11.9. The quantitative estimate of drug-likeness (QED) is 0.0429. The maximum Gasteiger partial charge on any atom is 0.407 e. The number of amides is 4. The lowest BCUT2D eigenvalue weighted by atomic mass is 9.98. The van der Waals surface area contributed by atoms with Crippen molar-refractivity contribution < 1.29 is 43.3 Å². The highest BCUT2D eigenvalue weighted by Gasteiger charge is 2.25. The summed E-state index contributed by atoms with van der Waals surface area (Å²) in [7, 11) is 8.87. The summed E-state index contributed by atoms with van der Waals surface area (Å²) in [6.07, 6.45) is 8.67. The molecule has 0 bridgehead atoms. The monoisotopic (exact) mass is 1160 g/mol. The molecule has 6 rings (SSSR count). The van der Waals surface area contributed by atoms with Gasteiger partial charge in [0.25, 0.3) is 11.1 Å². The predicted molar refractivity (Wildman–Crippen MR) is 317 cm³/mol. The van der Waals surface area contributed by atoms with E-state index in [0.29, 0.717) is 42.8 Å². The van der Waals surface area contributed by atoms with Crippen LogP contribution in [0, 0.1) is 11.8 Å². The number of carbonyl (C=O) groups is 6. The zero-order valence-electron chi connectivity index (χ0n) is 47.7. The third-order valence-corrected chi connectivity index (χ3v) is 13.3. The second-order valence-corrected chi connectivity index (χ2v) is 21.4. The molecule has 4 aromatic rings. The van der Waals surface area contributed by atoms with Crippen LogP contribution in [0.3, 0.4) is 0 Å². The molecule has 436 valence electrons. The fourth-order valence-electron chi connectivity index (χ4n) is 8.53. The van der Waals surface area contributed by atoms with E-state index in [1.54, 1.807) is 52.5 Å². The molecule has 0 saturated heterocycles. The van der Waals surface area contributed by atoms with Crippen LogP contribution in [-0.2, 0) is 73.8 Å². The van der Waals surface area contributed by atoms with Crippen LogP contribution in [0.15, 0.2) is 105 Å². The molecule has 4 amide bonds. The first-order chi connectivity index (χ1) is 38.3. The van der Waals surface area contributed by atoms with Gasteiger partial charge >= 0.3 is 18.2 Å². The van der Waals surface area contributed by atoms with Gasteiger partial charge in [-0.15, -0.1) is 0 Å². The number of ketones is 1. The number of rotatable bonds is 22. The van der Waals surface area contributed by atoms with Gasteiger partial charge < -0.3 is 40.7 Å². The van der Waals surface area contributed by atoms with Crippen LogP contribution in [0.2, 0.25) is 10.3 Å². The Morgan fingerprint density at radius 2 is 1.09 bits per heavy atom. The minimum atomic E-state index is -1.15. The van der Waals surface area contributed by atoms with Crippen molar-refractivity contribution in [2.75, 3.05) is 48.1 Å². The van der Waals surface area contributed by atoms with Crippen molar-refractivity contribution in [2.45, 2.75) is 111 Å². The Morgan fingerprint density at radius 3 is 1.52 bits per heavy atom. The molecule has 2 aliphatic rings. The molecule has 0 unspecified atom stereocenters. The molecule has 22 heteroatoms. The zero-order chi connectivity index (χ0) is 60.1. The van der Waals surface area contributed by atoms with E-state index in [9.17, 15) is 38.4 Å². The summed E-state index contributed by atoms with van der Waals surface area (Å²) in [4.78, 5) is 108. The SMILES string of the molecule is CC(C)Cc1cccc2c1N=C(Cn1c(Cl)ccc(N)c1=O)C2.COC(=O)N[C@@H](CC/C=C/C(=O)N(C)C)C(=O)Cc1ccc(Cl)n(CC2=Nc3c(cccc3CC(C)C)C2)c1=O.COC(=O)N[C@@H](CC/C=C/C(=O)N(C)C)C(=O)O. The molecule has 0 radical (unpaired) electrons. The van der Waals surface area contributed by atoms with E-state index < -0.39 is 30.2 Å². The number of pyridine rings is 2. The van der Waals surface area contributed by atoms with Crippen LogP contribution < -0.4 is 27.5 Å². The molecule has 20 nitrogen and oxygen atoms in total. The number of nitrogens with one attached hydrogen (secondary N) is 2. The molecule has 2 aliphatic heterocycles. The molecular weight excluding hydrogens is 1080 g/mol. The number of methoxy groups -OCH3 is 2. The Balaban J connectivity index is 0.000000290. The molecule has 2 atom stereocenters. The third-order valence-electron chi connectivity index (χ3n) is 12.7. The lowest BCUT2D eigenvalue weighted by molar-refractivity contribution is -0.139. The van der Waals surface area contributed by atoms with Gasteiger partial charge in [0.1, 0.15) is 16.3 Å². The number of ether oxygens (including phenoxy) is 2. The van der Waals surface area contributed by atoms with Gasteiger partial charge in [0.05, 0.1) is 50.4 Å². The van der Waals surface area contributed by atoms with Gasteiger partial charge in [-0.2, -0.15) is 0 Å². The van der Waals surface area contributed by atoms with Crippen molar-refractivity contribution in [2.24, 2.45) is 21.8 Å². The minimum Gasteiger partial charge on any atom is -0.480 e. The number of carboxylic acids is 1. The molecule has 2 aromatic heterocycles. The Labute approximate surface area is 482 Å². The Hall–Kier alpha value is -7.84. The highest BCUT2D eigenvalue weighted by molar-refractivity contribution is 6.30. The number of carbonyl (C=O) groups excluding carboxylic acids is 5. The number of nitrogens with two attached hydrogens (primary N) is 1. The number of benzene rings is 2. The highest BCUT2D eigenvalue weighted by atomic mass is 35.5. The van der Waals surface area contributed by atoms with Gasteiger partial charge in [0.2, 0.25) is 11.8 Å². The standard InChI is InChI=1S/C30H37ClN4O5.C18H20ClN3O.C11H18N2O5/c1-19(2)15-20-9-8-10-21-16-23(32-28(20)21)18-35-26(31)14-13-22(29(35)38)17-25(36)24(33-30(39)40-5)11-6-7-12-27(37)34(3)4;1-11(2)8-12-4-3-5-13-9-14(21-17(12)13)10-22-16(19)7-6-15(20)18(22)23;1-13(2)9(14)7-5-4-6-8(10(15)16)12-11(17)18-3/h7-10,12-14,19,24H,6,11,15-18H2,1-5H3,(H,33,39);3-7,11H,8-10,20H2,1-2H3;5,7-8H,4,6H2,1-3H3,(H,12,17)(H,15,16)/b12-7+;;7-5+/t24-;;8-/m0.0/s1. The summed E-state index contributed by atoms with van der Waals surface area (Å²) in [5.74, 6) is -0.794. The molecule has 81 heavy (non-hydrogen) atoms. The van der Waals surface area contributed by atoms with Crippen molar-refractivity contribution in [1.29, 1.82) is 0 Å². The van der Waals surface area contributed by atoms with E-state index >= 15 is 0 Å². The minimum absolute atomic E-state index is 0.178. The second kappa shape index (κ2) is 31.8. The number of aliphatic carboxylic acids is 1. The van der Waals surface area contributed by atoms with Gasteiger partial charge in [-0.25, -0.2) is 14.4 Å². The third kappa shape index (κ3) is 20.3. The van der Waals surface area contributed by atoms with E-state index in [0.717, 1.165) is 54.7 Å². The van der Waals surface area contributed by atoms with Crippen LogP contribution in [-0.4, -0.2) is 126 Å². The number of aliphatic imine (C=N–C) groups is 2. The molecular formula is C59H75Cl2N9O11. The van der Waals surface area contributed by atoms with Crippen LogP contribution >= 0.6 is 23.2 Å². The number of Topliss-reactive ketones (excluding diaryl/α,β-unsaturated/α-hetero) is 1. The highest BCUT2D eigenvalue weighted by Crippen LogP contribution is 2.34. The smallest absolute Gasteiger partial charge is 0.407 e. The van der Waals surface area contributed by atoms with Crippen molar-refractivity contribution in [3.8, 4) is 0 Å². The number of hydrogen-bond acceptors (Lipinski definition) is 13. The van der Waals surface area contributed by atoms with Gasteiger partial charge in [0, 0.05) is 64.4 Å². The average molecular weight is 1160 g/mol. The number of alkyl carbamates (subject to hydrolysis) is 2. The number of allylic oxidation sites excluding steroid dienone is 2. The number of nitrogens with zero attached hydrogens (tertiary/aromatic N) is 6. The number of halogens is 2. The number of hydrogen-bond donors (Lipinski definition) is 4. The van der Waals surface area contributed by atoms with E-state index in [2.05, 4.69) is 78.1 Å². The number of para-hydroxylation sites is 2. The first-order valence-electron chi connectivity index (χ1n) is 26.4. The van der Waals surface area contributed by atoms with Gasteiger partial charge in [0.15, 0.2) is 5.78 Å². The fraction of sp³-hybridized carbons (Fsp3) is 0.424. The largest absolute Gasteiger partial charge is 0.480 e. The summed E-state index contributed by atoms with van der Waals surface area (Å²) in [5, 5.41) is 14.2. The molecule has 4 heterocycles. The number of nitrogen functional groups attached to an aromatic ring is 1. The predicted octanol–water partition coefficient (Wildman–Crippen LogP) is 8.12. The van der Waals surface area contributed by atoms with Crippen LogP contribution in [0.25, 0.3) is 0 Å².